The molecule has 0 aliphatic heterocycles. The van der Waals surface area contributed by atoms with E-state index in [1.165, 1.54) is 0 Å². The summed E-state index contributed by atoms with van der Waals surface area (Å²) in [5, 5.41) is 21.6. The number of amides is 1. The van der Waals surface area contributed by atoms with Gasteiger partial charge in [0.05, 0.1) is 17.9 Å². The lowest BCUT2D eigenvalue weighted by Crippen LogP contribution is -2.14. The number of nitrogens with zero attached hydrogens (tertiary/aromatic N) is 4. The predicted octanol–water partition coefficient (Wildman–Crippen LogP) is 6.88. The van der Waals surface area contributed by atoms with Gasteiger partial charge in [-0.1, -0.05) is 67.9 Å². The van der Waals surface area contributed by atoms with Gasteiger partial charge >= 0.3 is 5.97 Å². The van der Waals surface area contributed by atoms with Crippen LogP contribution >= 0.6 is 55.0 Å². The highest BCUT2D eigenvalue weighted by Crippen LogP contribution is 2.34. The third-order valence-corrected chi connectivity index (χ3v) is 8.29. The zero-order valence-corrected chi connectivity index (χ0v) is 24.9. The number of ether oxygens (including phenoxy) is 1. The molecule has 4 rings (SSSR count). The highest BCUT2D eigenvalue weighted by atomic mass is 79.9. The summed E-state index contributed by atoms with van der Waals surface area (Å²) in [6.07, 6.45) is 0. The molecule has 12 heteroatoms. The molecule has 0 unspecified atom stereocenters. The molecule has 0 saturated carbocycles. The van der Waals surface area contributed by atoms with Gasteiger partial charge in [-0.25, -0.2) is 9.78 Å². The summed E-state index contributed by atoms with van der Waals surface area (Å²) in [6, 6.07) is 17.5. The van der Waals surface area contributed by atoms with E-state index in [1.54, 1.807) is 13.8 Å². The number of anilines is 1. The molecule has 0 aliphatic carbocycles. The van der Waals surface area contributed by atoms with Gasteiger partial charge in [0, 0.05) is 20.1 Å². The molecule has 8 nitrogen and oxygen atoms in total. The molecule has 1 amide bonds. The van der Waals surface area contributed by atoms with E-state index in [0.717, 1.165) is 43.2 Å². The Morgan fingerprint density at radius 1 is 1.03 bits per heavy atom. The molecule has 4 aromatic rings. The third-order valence-electron chi connectivity index (χ3n) is 5.21. The van der Waals surface area contributed by atoms with Gasteiger partial charge in [0.15, 0.2) is 0 Å². The van der Waals surface area contributed by atoms with E-state index in [4.69, 9.17) is 9.72 Å². The maximum atomic E-state index is 12.7. The van der Waals surface area contributed by atoms with Crippen LogP contribution in [0.3, 0.4) is 0 Å². The summed E-state index contributed by atoms with van der Waals surface area (Å²) in [5.41, 5.74) is 3.69. The Balaban J connectivity index is 1.55. The van der Waals surface area contributed by atoms with Gasteiger partial charge < -0.3 is 10.1 Å². The monoisotopic (exact) mass is 671 g/mol. The van der Waals surface area contributed by atoms with Gasteiger partial charge in [0.1, 0.15) is 27.3 Å². The first kappa shape index (κ1) is 27.9. The molecular formula is C26H19Br2N5O3S2. The van der Waals surface area contributed by atoms with Crippen LogP contribution in [-0.2, 0) is 9.53 Å². The van der Waals surface area contributed by atoms with Crippen molar-refractivity contribution >= 4 is 71.8 Å². The number of carbonyl (C=O) groups is 2. The van der Waals surface area contributed by atoms with Crippen LogP contribution in [0.5, 0.6) is 0 Å². The molecule has 0 bridgehead atoms. The number of nitriles is 1. The van der Waals surface area contributed by atoms with Crippen LogP contribution < -0.4 is 5.32 Å². The summed E-state index contributed by atoms with van der Waals surface area (Å²) in [6.45, 7) is 3.58. The second-order valence-corrected chi connectivity index (χ2v) is 11.5. The standard InChI is InChI=1S/C26H19Br2N5O3S2/c1-3-36-25(35)23-14(2)19(12-29)24(38-23)30-20(34)13-37-26-31-21(15-4-8-17(27)9-5-15)22(32-33-26)16-6-10-18(28)11-7-16/h4-11H,3,13H2,1-2H3,(H,30,34). The Kier molecular flexibility index (Phi) is 9.27. The second kappa shape index (κ2) is 12.6. The number of thiophene rings is 1. The largest absolute Gasteiger partial charge is 0.462 e. The lowest BCUT2D eigenvalue weighted by atomic mass is 10.0. The first-order valence-corrected chi connectivity index (χ1v) is 14.6. The van der Waals surface area contributed by atoms with Gasteiger partial charge in [0.25, 0.3) is 0 Å². The second-order valence-electron chi connectivity index (χ2n) is 7.73. The minimum absolute atomic E-state index is 0.0182. The quantitative estimate of drug-likeness (QED) is 0.159. The lowest BCUT2D eigenvalue weighted by Gasteiger charge is -2.10. The lowest BCUT2D eigenvalue weighted by molar-refractivity contribution is -0.113. The molecule has 0 atom stereocenters. The van der Waals surface area contributed by atoms with Crippen molar-refractivity contribution in [3.05, 3.63) is 73.5 Å². The van der Waals surface area contributed by atoms with Crippen LogP contribution in [0.1, 0.15) is 27.7 Å². The van der Waals surface area contributed by atoms with Crippen LogP contribution in [-0.4, -0.2) is 39.4 Å². The average molecular weight is 673 g/mol. The first-order chi connectivity index (χ1) is 18.3. The summed E-state index contributed by atoms with van der Waals surface area (Å²) >= 11 is 9.05. The zero-order chi connectivity index (χ0) is 27.2. The number of hydrogen-bond donors (Lipinski definition) is 1. The first-order valence-electron chi connectivity index (χ1n) is 11.2. The summed E-state index contributed by atoms with van der Waals surface area (Å²) in [5.74, 6) is -0.906. The third kappa shape index (κ3) is 6.47. The highest BCUT2D eigenvalue weighted by molar-refractivity contribution is 9.10. The van der Waals surface area contributed by atoms with Gasteiger partial charge in [-0.05, 0) is 43.7 Å². The van der Waals surface area contributed by atoms with E-state index < -0.39 is 5.97 Å². The maximum absolute atomic E-state index is 12.7. The molecule has 192 valence electrons. The number of rotatable bonds is 8. The number of halogens is 2. The summed E-state index contributed by atoms with van der Waals surface area (Å²) in [7, 11) is 0. The minimum atomic E-state index is -0.521. The van der Waals surface area contributed by atoms with Crippen molar-refractivity contribution in [3.8, 4) is 28.6 Å². The van der Waals surface area contributed by atoms with Gasteiger partial charge in [-0.15, -0.1) is 21.5 Å². The molecule has 0 radical (unpaired) electrons. The number of hydrogen-bond acceptors (Lipinski definition) is 9. The van der Waals surface area contributed by atoms with Crippen molar-refractivity contribution in [1.82, 2.24) is 15.2 Å². The molecule has 0 saturated heterocycles. The van der Waals surface area contributed by atoms with E-state index >= 15 is 0 Å². The van der Waals surface area contributed by atoms with Gasteiger partial charge in [0.2, 0.25) is 11.1 Å². The summed E-state index contributed by atoms with van der Waals surface area (Å²) < 4.78 is 6.93. The smallest absolute Gasteiger partial charge is 0.348 e. The molecular weight excluding hydrogens is 654 g/mol. The number of nitrogens with one attached hydrogen (secondary N) is 1. The Morgan fingerprint density at radius 2 is 1.63 bits per heavy atom. The zero-order valence-electron chi connectivity index (χ0n) is 20.1. The SMILES string of the molecule is CCOC(=O)c1sc(NC(=O)CSc2nnc(-c3ccc(Br)cc3)c(-c3ccc(Br)cc3)n2)c(C#N)c1C. The van der Waals surface area contributed by atoms with Crippen LogP contribution in [0.2, 0.25) is 0 Å². The molecule has 2 heterocycles. The fraction of sp³-hybridized carbons (Fsp3) is 0.154. The Labute approximate surface area is 244 Å². The molecule has 0 spiro atoms. The Hall–Kier alpha value is -3.11. The van der Waals surface area contributed by atoms with Crippen molar-refractivity contribution in [2.45, 2.75) is 19.0 Å². The van der Waals surface area contributed by atoms with Crippen LogP contribution in [0, 0.1) is 18.3 Å². The fourth-order valence-corrected chi connectivity index (χ4v) is 5.59. The van der Waals surface area contributed by atoms with Crippen molar-refractivity contribution in [1.29, 1.82) is 5.26 Å². The van der Waals surface area contributed by atoms with Crippen molar-refractivity contribution in [3.63, 3.8) is 0 Å². The van der Waals surface area contributed by atoms with E-state index in [-0.39, 0.29) is 23.8 Å². The predicted molar refractivity (Wildman–Crippen MR) is 155 cm³/mol. The van der Waals surface area contributed by atoms with E-state index in [1.807, 2.05) is 48.5 Å². The molecule has 0 aliphatic rings. The van der Waals surface area contributed by atoms with Crippen LogP contribution in [0.4, 0.5) is 5.00 Å². The maximum Gasteiger partial charge on any atom is 0.348 e. The number of esters is 1. The van der Waals surface area contributed by atoms with E-state index in [0.29, 0.717) is 32.0 Å². The minimum Gasteiger partial charge on any atom is -0.462 e. The normalized spacial score (nSPS) is 10.6. The molecule has 2 aromatic heterocycles. The summed E-state index contributed by atoms with van der Waals surface area (Å²) in [4.78, 5) is 29.9. The number of benzene rings is 2. The Bertz CT molecular complexity index is 1530. The molecule has 1 N–H and O–H groups in total. The van der Waals surface area contributed by atoms with Crippen molar-refractivity contribution in [2.24, 2.45) is 0 Å². The van der Waals surface area contributed by atoms with Crippen LogP contribution in [0.15, 0.2) is 62.6 Å². The Morgan fingerprint density at radius 3 is 2.21 bits per heavy atom. The number of carbonyl (C=O) groups excluding carboxylic acids is 2. The molecule has 0 fully saturated rings. The highest BCUT2D eigenvalue weighted by Gasteiger charge is 2.22. The molecule has 2 aromatic carbocycles. The number of aromatic nitrogens is 3. The average Bonchev–Trinajstić information content (AvgIpc) is 3.23. The van der Waals surface area contributed by atoms with Crippen molar-refractivity contribution < 1.29 is 14.3 Å². The topological polar surface area (TPSA) is 118 Å². The van der Waals surface area contributed by atoms with E-state index in [9.17, 15) is 14.9 Å². The van der Waals surface area contributed by atoms with Gasteiger partial charge in [-0.2, -0.15) is 5.26 Å². The van der Waals surface area contributed by atoms with E-state index in [2.05, 4.69) is 53.4 Å². The van der Waals surface area contributed by atoms with Crippen LogP contribution in [0.25, 0.3) is 22.5 Å². The van der Waals surface area contributed by atoms with Gasteiger partial charge in [-0.3, -0.25) is 4.79 Å². The molecule has 38 heavy (non-hydrogen) atoms. The fourth-order valence-electron chi connectivity index (χ4n) is 3.40. The van der Waals surface area contributed by atoms with Crippen molar-refractivity contribution in [2.75, 3.05) is 17.7 Å². The number of thioether (sulfide) groups is 1.